The monoisotopic (exact) mass is 153 g/mol. The summed E-state index contributed by atoms with van der Waals surface area (Å²) in [7, 11) is 0. The highest BCUT2D eigenvalue weighted by atomic mass is 16.1. The lowest BCUT2D eigenvalue weighted by Gasteiger charge is -2.09. The minimum absolute atomic E-state index is 0.0342. The SMILES string of the molecule is CC=CC(=O)NC(C)C1CC1. The lowest BCUT2D eigenvalue weighted by molar-refractivity contribution is -0.117. The van der Waals surface area contributed by atoms with Crippen molar-refractivity contribution in [2.24, 2.45) is 5.92 Å². The third-order valence-corrected chi connectivity index (χ3v) is 2.02. The molecular formula is C9H15NO. The van der Waals surface area contributed by atoms with Gasteiger partial charge >= 0.3 is 0 Å². The first-order valence-corrected chi connectivity index (χ1v) is 4.17. The van der Waals surface area contributed by atoms with Crippen molar-refractivity contribution in [3.8, 4) is 0 Å². The molecular weight excluding hydrogens is 138 g/mol. The smallest absolute Gasteiger partial charge is 0.243 e. The summed E-state index contributed by atoms with van der Waals surface area (Å²) in [5.41, 5.74) is 0. The van der Waals surface area contributed by atoms with Gasteiger partial charge in [-0.2, -0.15) is 0 Å². The molecule has 2 heteroatoms. The molecule has 1 aliphatic rings. The fourth-order valence-corrected chi connectivity index (χ4v) is 1.14. The van der Waals surface area contributed by atoms with Gasteiger partial charge in [-0.1, -0.05) is 6.08 Å². The van der Waals surface area contributed by atoms with Gasteiger partial charge in [0, 0.05) is 6.04 Å². The van der Waals surface area contributed by atoms with E-state index in [2.05, 4.69) is 12.2 Å². The molecule has 0 aliphatic heterocycles. The van der Waals surface area contributed by atoms with Gasteiger partial charge in [0.05, 0.1) is 0 Å². The second-order valence-corrected chi connectivity index (χ2v) is 3.13. The molecule has 0 aromatic carbocycles. The zero-order chi connectivity index (χ0) is 8.27. The molecule has 1 atom stereocenters. The summed E-state index contributed by atoms with van der Waals surface area (Å²) in [6, 6.07) is 0.360. The fourth-order valence-electron chi connectivity index (χ4n) is 1.14. The summed E-state index contributed by atoms with van der Waals surface area (Å²) < 4.78 is 0. The van der Waals surface area contributed by atoms with Gasteiger partial charge in [0.1, 0.15) is 0 Å². The van der Waals surface area contributed by atoms with Crippen LogP contribution in [0.1, 0.15) is 26.7 Å². The van der Waals surface area contributed by atoms with E-state index in [0.29, 0.717) is 6.04 Å². The van der Waals surface area contributed by atoms with Crippen LogP contribution in [0.3, 0.4) is 0 Å². The van der Waals surface area contributed by atoms with E-state index in [-0.39, 0.29) is 5.91 Å². The summed E-state index contributed by atoms with van der Waals surface area (Å²) in [6.07, 6.45) is 5.88. The lowest BCUT2D eigenvalue weighted by atomic mass is 10.2. The number of hydrogen-bond acceptors (Lipinski definition) is 1. The second kappa shape index (κ2) is 3.56. The van der Waals surface area contributed by atoms with Crippen LogP contribution in [0.4, 0.5) is 0 Å². The van der Waals surface area contributed by atoms with Crippen LogP contribution in [0, 0.1) is 5.92 Å². The highest BCUT2D eigenvalue weighted by Gasteiger charge is 2.28. The standard InChI is InChI=1S/C9H15NO/c1-3-4-9(11)10-7(2)8-5-6-8/h3-4,7-8H,5-6H2,1-2H3,(H,10,11). The number of carbonyl (C=O) groups excluding carboxylic acids is 1. The van der Waals surface area contributed by atoms with E-state index in [0.717, 1.165) is 5.92 Å². The molecule has 62 valence electrons. The average molecular weight is 153 g/mol. The van der Waals surface area contributed by atoms with Gasteiger partial charge in [-0.25, -0.2) is 0 Å². The van der Waals surface area contributed by atoms with E-state index in [4.69, 9.17) is 0 Å². The molecule has 1 fully saturated rings. The van der Waals surface area contributed by atoms with Crippen molar-refractivity contribution in [3.63, 3.8) is 0 Å². The molecule has 0 saturated heterocycles. The molecule has 0 aromatic heterocycles. The first-order chi connectivity index (χ1) is 5.24. The van der Waals surface area contributed by atoms with Crippen LogP contribution >= 0.6 is 0 Å². The molecule has 0 heterocycles. The van der Waals surface area contributed by atoms with Crippen LogP contribution in [-0.4, -0.2) is 11.9 Å². The maximum Gasteiger partial charge on any atom is 0.243 e. The summed E-state index contributed by atoms with van der Waals surface area (Å²) in [6.45, 7) is 3.92. The third kappa shape index (κ3) is 2.74. The van der Waals surface area contributed by atoms with Crippen LogP contribution in [0.15, 0.2) is 12.2 Å². The number of hydrogen-bond donors (Lipinski definition) is 1. The van der Waals surface area contributed by atoms with E-state index in [1.54, 1.807) is 12.2 Å². The summed E-state index contributed by atoms with van der Waals surface area (Å²) >= 11 is 0. The first-order valence-electron chi connectivity index (χ1n) is 4.17. The second-order valence-electron chi connectivity index (χ2n) is 3.13. The van der Waals surface area contributed by atoms with E-state index in [1.165, 1.54) is 12.8 Å². The average Bonchev–Trinajstić information content (AvgIpc) is 2.67. The molecule has 1 N–H and O–H groups in total. The Kier molecular flexibility index (Phi) is 2.69. The zero-order valence-electron chi connectivity index (χ0n) is 7.13. The molecule has 1 amide bonds. The number of rotatable bonds is 3. The van der Waals surface area contributed by atoms with Gasteiger partial charge in [0.2, 0.25) is 5.91 Å². The Balaban J connectivity index is 2.22. The van der Waals surface area contributed by atoms with Gasteiger partial charge in [0.25, 0.3) is 0 Å². The molecule has 1 unspecified atom stereocenters. The minimum atomic E-state index is 0.0342. The summed E-state index contributed by atoms with van der Waals surface area (Å²) in [4.78, 5) is 11.0. The predicted octanol–water partition coefficient (Wildman–Crippen LogP) is 1.48. The Hall–Kier alpha value is -0.790. The van der Waals surface area contributed by atoms with E-state index in [1.807, 2.05) is 6.92 Å². The number of carbonyl (C=O) groups is 1. The quantitative estimate of drug-likeness (QED) is 0.611. The Bertz CT molecular complexity index is 170. The zero-order valence-corrected chi connectivity index (χ0v) is 7.13. The van der Waals surface area contributed by atoms with Crippen LogP contribution in [-0.2, 0) is 4.79 Å². The van der Waals surface area contributed by atoms with Crippen molar-refractivity contribution in [2.45, 2.75) is 32.7 Å². The van der Waals surface area contributed by atoms with Crippen molar-refractivity contribution >= 4 is 5.91 Å². The predicted molar refractivity (Wildman–Crippen MR) is 45.1 cm³/mol. The number of nitrogens with one attached hydrogen (secondary N) is 1. The Labute approximate surface area is 67.7 Å². The summed E-state index contributed by atoms with van der Waals surface area (Å²) in [5, 5.41) is 2.92. The molecule has 1 saturated carbocycles. The largest absolute Gasteiger partial charge is 0.350 e. The van der Waals surface area contributed by atoms with E-state index in [9.17, 15) is 4.79 Å². The Morgan fingerprint density at radius 1 is 1.64 bits per heavy atom. The Morgan fingerprint density at radius 2 is 2.27 bits per heavy atom. The Morgan fingerprint density at radius 3 is 2.73 bits per heavy atom. The molecule has 11 heavy (non-hydrogen) atoms. The molecule has 0 radical (unpaired) electrons. The van der Waals surface area contributed by atoms with Gasteiger partial charge in [-0.15, -0.1) is 0 Å². The first kappa shape index (κ1) is 8.31. The van der Waals surface area contributed by atoms with Crippen LogP contribution in [0.2, 0.25) is 0 Å². The van der Waals surface area contributed by atoms with Gasteiger partial charge < -0.3 is 5.32 Å². The molecule has 1 rings (SSSR count). The van der Waals surface area contributed by atoms with Gasteiger partial charge in [-0.05, 0) is 38.7 Å². The number of allylic oxidation sites excluding steroid dienone is 1. The highest BCUT2D eigenvalue weighted by molar-refractivity contribution is 5.87. The molecule has 0 bridgehead atoms. The van der Waals surface area contributed by atoms with E-state index < -0.39 is 0 Å². The van der Waals surface area contributed by atoms with Crippen molar-refractivity contribution in [1.29, 1.82) is 0 Å². The number of amides is 1. The van der Waals surface area contributed by atoms with Gasteiger partial charge in [0.15, 0.2) is 0 Å². The maximum absolute atomic E-state index is 11.0. The van der Waals surface area contributed by atoms with Crippen LogP contribution in [0.5, 0.6) is 0 Å². The normalized spacial score (nSPS) is 20.2. The van der Waals surface area contributed by atoms with Crippen molar-refractivity contribution < 1.29 is 4.79 Å². The minimum Gasteiger partial charge on any atom is -0.350 e. The topological polar surface area (TPSA) is 29.1 Å². The van der Waals surface area contributed by atoms with Crippen LogP contribution in [0.25, 0.3) is 0 Å². The van der Waals surface area contributed by atoms with Crippen molar-refractivity contribution in [2.75, 3.05) is 0 Å². The summed E-state index contributed by atoms with van der Waals surface area (Å²) in [5.74, 6) is 0.774. The van der Waals surface area contributed by atoms with Gasteiger partial charge in [-0.3, -0.25) is 4.79 Å². The highest BCUT2D eigenvalue weighted by Crippen LogP contribution is 2.32. The van der Waals surface area contributed by atoms with Crippen molar-refractivity contribution in [3.05, 3.63) is 12.2 Å². The molecule has 0 aromatic rings. The van der Waals surface area contributed by atoms with Crippen LogP contribution < -0.4 is 5.32 Å². The third-order valence-electron chi connectivity index (χ3n) is 2.02. The lowest BCUT2D eigenvalue weighted by Crippen LogP contribution is -2.32. The maximum atomic E-state index is 11.0. The molecule has 0 spiro atoms. The van der Waals surface area contributed by atoms with E-state index >= 15 is 0 Å². The molecule has 2 nitrogen and oxygen atoms in total. The molecule has 1 aliphatic carbocycles. The van der Waals surface area contributed by atoms with Crippen molar-refractivity contribution in [1.82, 2.24) is 5.32 Å². The fraction of sp³-hybridized carbons (Fsp3) is 0.667.